The summed E-state index contributed by atoms with van der Waals surface area (Å²) in [6.07, 6.45) is 0. The van der Waals surface area contributed by atoms with Gasteiger partial charge in [0.15, 0.2) is 0 Å². The van der Waals surface area contributed by atoms with Gasteiger partial charge in [-0.3, -0.25) is 0 Å². The van der Waals surface area contributed by atoms with E-state index in [2.05, 4.69) is 183 Å². The van der Waals surface area contributed by atoms with Crippen molar-refractivity contribution in [3.63, 3.8) is 0 Å². The van der Waals surface area contributed by atoms with Crippen LogP contribution < -0.4 is 67.5 Å². The monoisotopic (exact) mass is 745 g/mol. The first kappa shape index (κ1) is 43.4. The number of hydrogen-bond acceptors (Lipinski definition) is 3. The smallest absolute Gasteiger partial charge is 1.00 e. The van der Waals surface area contributed by atoms with E-state index < -0.39 is 8.07 Å². The molecule has 0 heterocycles. The van der Waals surface area contributed by atoms with Gasteiger partial charge in [-0.1, -0.05) is 0 Å². The number of rotatable bonds is 7. The maximum Gasteiger partial charge on any atom is -1.00 e. The van der Waals surface area contributed by atoms with Crippen molar-refractivity contribution in [1.82, 2.24) is 0 Å². The summed E-state index contributed by atoms with van der Waals surface area (Å²) in [4.78, 5) is 6.83. The third-order valence-corrected chi connectivity index (χ3v) is 18.8. The molecule has 0 aliphatic heterocycles. The van der Waals surface area contributed by atoms with Crippen molar-refractivity contribution < 1.29 is 57.7 Å². The predicted octanol–water partition coefficient (Wildman–Crippen LogP) is -1.85. The van der Waals surface area contributed by atoms with Gasteiger partial charge in [0.1, 0.15) is 0 Å². The Morgan fingerprint density at radius 2 is 0.617 bits per heavy atom. The minimum atomic E-state index is -2.86. The fourth-order valence-corrected chi connectivity index (χ4v) is 17.8. The van der Waals surface area contributed by atoms with E-state index in [-0.39, 0.29) is 40.6 Å². The third kappa shape index (κ3) is 6.65. The van der Waals surface area contributed by atoms with Gasteiger partial charge in [0.2, 0.25) is 0 Å². The van der Waals surface area contributed by atoms with Crippen LogP contribution in [0.4, 0.5) is 17.1 Å². The summed E-state index contributed by atoms with van der Waals surface area (Å²) in [5.74, 6) is 0. The average Bonchev–Trinajstić information content (AvgIpc) is 3.03. The van der Waals surface area contributed by atoms with E-state index in [0.717, 1.165) is 0 Å². The van der Waals surface area contributed by atoms with Gasteiger partial charge in [-0.2, -0.15) is 0 Å². The maximum atomic E-state index is 2.59. The van der Waals surface area contributed by atoms with Crippen LogP contribution in [0.2, 0.25) is 3.34 Å². The van der Waals surface area contributed by atoms with Crippen LogP contribution in [-0.4, -0.2) is 50.4 Å². The summed E-state index contributed by atoms with van der Waals surface area (Å²) in [6.45, 7) is 23.4. The Bertz CT molecular complexity index is 1480. The SMILES string of the molecule is CC1=C(C)[C]([Ti+3])([Si](c2cc(C)c(N(C)C)c(C)c2)(c2cc(C)c(N(C)C)c(C)c2)c2cc(C)c(N(C)C)c(C)c2)C(C)=C1C.[Cl-].[Cl-].[Cl-]. The van der Waals surface area contributed by atoms with Gasteiger partial charge in [-0.15, -0.1) is 0 Å². The number of halogens is 3. The number of benzene rings is 3. The molecule has 0 bridgehead atoms. The minimum absolute atomic E-state index is 0. The van der Waals surface area contributed by atoms with E-state index in [1.807, 2.05) is 0 Å². The quantitative estimate of drug-likeness (QED) is 0.208. The summed E-state index contributed by atoms with van der Waals surface area (Å²) in [5.41, 5.74) is 18.0. The number of anilines is 3. The predicted molar refractivity (Wildman–Crippen MR) is 195 cm³/mol. The normalized spacial score (nSPS) is 14.0. The topological polar surface area (TPSA) is 9.72 Å². The van der Waals surface area contributed by atoms with Crippen LogP contribution in [0.15, 0.2) is 58.7 Å². The molecule has 0 amide bonds. The molecular formula is C39H54Cl3N3SiTi. The molecule has 0 N–H and O–H groups in total. The molecule has 1 aliphatic carbocycles. The van der Waals surface area contributed by atoms with Gasteiger partial charge in [0, 0.05) is 0 Å². The van der Waals surface area contributed by atoms with Crippen LogP contribution in [0, 0.1) is 41.5 Å². The average molecular weight is 747 g/mol. The molecule has 1 aliphatic rings. The fourth-order valence-electron chi connectivity index (χ4n) is 8.75. The molecule has 0 saturated carbocycles. The molecule has 3 aromatic carbocycles. The fraction of sp³-hybridized carbons (Fsp3) is 0.436. The zero-order chi connectivity index (χ0) is 33.2. The van der Waals surface area contributed by atoms with Crippen LogP contribution >= 0.6 is 0 Å². The Morgan fingerprint density at radius 3 is 0.787 bits per heavy atom. The number of aryl methyl sites for hydroxylation is 6. The molecule has 0 atom stereocenters. The second-order valence-electron chi connectivity index (χ2n) is 14.1. The molecule has 0 radical (unpaired) electrons. The standard InChI is InChI=1S/C39H54N3Si.3ClH.Ti/c1-23-17-33(18-24(2)36(23)40(11)12)43(39-31(9)29(7)30(8)32(39)10,34-19-25(3)37(41(13)14)26(4)20-34)35-21-27(5)38(42(15)16)28(6)22-35;;;;/h17-22H,1-16H3;3*1H;/q;;;;+3/p-3. The largest absolute Gasteiger partial charge is 1.00 e. The van der Waals surface area contributed by atoms with Crippen molar-refractivity contribution >= 4 is 40.7 Å². The van der Waals surface area contributed by atoms with Crippen molar-refractivity contribution in [3.8, 4) is 0 Å². The third-order valence-electron chi connectivity index (χ3n) is 10.5. The molecule has 0 aromatic heterocycles. The Morgan fingerprint density at radius 1 is 0.426 bits per heavy atom. The first-order valence-electron chi connectivity index (χ1n) is 15.8. The van der Waals surface area contributed by atoms with Gasteiger partial charge < -0.3 is 37.2 Å². The van der Waals surface area contributed by atoms with Crippen LogP contribution in [0.25, 0.3) is 0 Å². The van der Waals surface area contributed by atoms with Crippen LogP contribution in [0.3, 0.4) is 0 Å². The van der Waals surface area contributed by atoms with E-state index >= 15 is 0 Å². The summed E-state index contributed by atoms with van der Waals surface area (Å²) in [6, 6.07) is 15.3. The number of hydrogen-bond donors (Lipinski definition) is 0. The van der Waals surface area contributed by atoms with E-state index in [1.165, 1.54) is 88.3 Å². The molecule has 3 nitrogen and oxygen atoms in total. The first-order valence-corrected chi connectivity index (χ1v) is 18.6. The van der Waals surface area contributed by atoms with Crippen molar-refractivity contribution in [2.75, 3.05) is 57.0 Å². The summed E-state index contributed by atoms with van der Waals surface area (Å²) in [7, 11) is 10.2. The molecule has 47 heavy (non-hydrogen) atoms. The Balaban J connectivity index is 0.00000368. The van der Waals surface area contributed by atoms with Crippen LogP contribution in [0.5, 0.6) is 0 Å². The Labute approximate surface area is 317 Å². The van der Waals surface area contributed by atoms with Crippen molar-refractivity contribution in [2.45, 2.75) is 72.6 Å². The molecule has 8 heteroatoms. The van der Waals surface area contributed by atoms with Gasteiger partial charge in [-0.25, -0.2) is 0 Å². The van der Waals surface area contributed by atoms with Gasteiger partial charge in [0.25, 0.3) is 0 Å². The zero-order valence-corrected chi connectivity index (χ0v) is 36.3. The van der Waals surface area contributed by atoms with E-state index in [4.69, 9.17) is 0 Å². The van der Waals surface area contributed by atoms with Gasteiger partial charge >= 0.3 is 283 Å². The molecule has 0 saturated heterocycles. The van der Waals surface area contributed by atoms with Crippen molar-refractivity contribution in [3.05, 3.63) is 92.1 Å². The molecular weight excluding hydrogens is 693 g/mol. The molecule has 0 spiro atoms. The Kier molecular flexibility index (Phi) is 14.3. The molecule has 4 rings (SSSR count). The van der Waals surface area contributed by atoms with E-state index in [0.29, 0.717) is 0 Å². The maximum absolute atomic E-state index is 2.86. The second kappa shape index (κ2) is 15.5. The number of allylic oxidation sites excluding steroid dienone is 4. The van der Waals surface area contributed by atoms with Crippen molar-refractivity contribution in [1.29, 1.82) is 0 Å². The molecule has 3 aromatic rings. The number of nitrogens with zero attached hydrogens (tertiary/aromatic N) is 3. The van der Waals surface area contributed by atoms with E-state index in [9.17, 15) is 0 Å². The molecule has 0 unspecified atom stereocenters. The molecule has 0 fully saturated rings. The minimum Gasteiger partial charge on any atom is -1.00 e. The molecule has 254 valence electrons. The van der Waals surface area contributed by atoms with Crippen molar-refractivity contribution in [2.24, 2.45) is 0 Å². The summed E-state index contributed by atoms with van der Waals surface area (Å²) < 4.78 is -0.156. The Hall–Kier alpha value is -1.66. The van der Waals surface area contributed by atoms with Gasteiger partial charge in [-0.05, 0) is 0 Å². The van der Waals surface area contributed by atoms with Gasteiger partial charge in [0.05, 0.1) is 0 Å². The zero-order valence-electron chi connectivity index (χ0n) is 31.4. The first-order chi connectivity index (χ1) is 20.3. The summed E-state index contributed by atoms with van der Waals surface area (Å²) >= 11 is 2.59. The second-order valence-corrected chi connectivity index (χ2v) is 20.0. The summed E-state index contributed by atoms with van der Waals surface area (Å²) in [5, 5.41) is 4.49. The van der Waals surface area contributed by atoms with E-state index in [1.54, 1.807) is 0 Å². The van der Waals surface area contributed by atoms with Crippen LogP contribution in [0.1, 0.15) is 61.1 Å². The van der Waals surface area contributed by atoms with Crippen LogP contribution in [-0.2, 0) is 20.4 Å².